The molecule has 3 aromatic rings. The number of rotatable bonds is 3. The van der Waals surface area contributed by atoms with E-state index in [1.54, 1.807) is 18.2 Å². The van der Waals surface area contributed by atoms with Crippen molar-refractivity contribution in [1.29, 1.82) is 0 Å². The number of allylic oxidation sites excluding steroid dienone is 1. The predicted octanol–water partition coefficient (Wildman–Crippen LogP) is 4.99. The maximum absolute atomic E-state index is 7.75. The van der Waals surface area contributed by atoms with Gasteiger partial charge in [-0.1, -0.05) is 37.4 Å². The molecule has 0 aliphatic rings. The largest absolute Gasteiger partial charge is 0.257 e. The van der Waals surface area contributed by atoms with Gasteiger partial charge in [0.05, 0.1) is 11.2 Å². The Kier molecular flexibility index (Phi) is 1.75. The van der Waals surface area contributed by atoms with Gasteiger partial charge in [0.15, 0.2) is 0 Å². The van der Waals surface area contributed by atoms with Crippen LogP contribution in [0.3, 0.4) is 0 Å². The van der Waals surface area contributed by atoms with E-state index in [2.05, 4.69) is 9.98 Å². The third-order valence-corrected chi connectivity index (χ3v) is 4.03. The smallest absolute Gasteiger partial charge is 0.124 e. The Balaban J connectivity index is 2.22. The van der Waals surface area contributed by atoms with Crippen molar-refractivity contribution in [2.45, 2.75) is 6.85 Å². The predicted molar refractivity (Wildman–Crippen MR) is 89.6 cm³/mol. The summed E-state index contributed by atoms with van der Waals surface area (Å²) in [4.78, 5) is 8.82. The molecule has 0 aliphatic heterocycles. The molecule has 0 radical (unpaired) electrons. The van der Waals surface area contributed by atoms with Crippen molar-refractivity contribution < 1.29 is 9.60 Å². The van der Waals surface area contributed by atoms with E-state index in [1.165, 1.54) is 17.4 Å². The summed E-state index contributed by atoms with van der Waals surface area (Å²) in [5.41, 5.74) is 0.786. The van der Waals surface area contributed by atoms with Crippen molar-refractivity contribution in [2.75, 3.05) is 0 Å². The normalized spacial score (nSPS) is 19.8. The molecule has 0 unspecified atom stereocenters. The topological polar surface area (TPSA) is 25.2 Å². The highest BCUT2D eigenvalue weighted by molar-refractivity contribution is 7.25. The Labute approximate surface area is 131 Å². The second-order valence-electron chi connectivity index (χ2n) is 4.09. The van der Waals surface area contributed by atoms with Gasteiger partial charge in [-0.15, -0.1) is 11.3 Å². The van der Waals surface area contributed by atoms with Gasteiger partial charge in [0, 0.05) is 37.0 Å². The first-order chi connectivity index (χ1) is 12.8. The van der Waals surface area contributed by atoms with Gasteiger partial charge in [0.2, 0.25) is 0 Å². The van der Waals surface area contributed by atoms with Crippen LogP contribution in [0.4, 0.5) is 0 Å². The average molecular weight is 285 g/mol. The molecule has 3 heteroatoms. The van der Waals surface area contributed by atoms with E-state index in [9.17, 15) is 0 Å². The lowest BCUT2D eigenvalue weighted by Gasteiger charge is -2.01. The number of aryl methyl sites for hydroxylation is 1. The SMILES string of the molecule is [2H]C=C([2H])C([2H])=NC(=C[2H])c1cccc2c1sc1nc(C([2H])([2H])[2H])ccc12. The molecular formula is C17H14N2S. The minimum atomic E-state index is -2.29. The van der Waals surface area contributed by atoms with E-state index in [1.807, 2.05) is 6.07 Å². The molecule has 2 nitrogen and oxygen atoms in total. The molecule has 0 amide bonds. The van der Waals surface area contributed by atoms with Crippen LogP contribution in [-0.4, -0.2) is 11.2 Å². The van der Waals surface area contributed by atoms with Crippen LogP contribution in [-0.2, 0) is 0 Å². The number of fused-ring (bicyclic) bond motifs is 3. The van der Waals surface area contributed by atoms with Gasteiger partial charge < -0.3 is 0 Å². The van der Waals surface area contributed by atoms with E-state index in [4.69, 9.17) is 9.60 Å². The van der Waals surface area contributed by atoms with Gasteiger partial charge >= 0.3 is 0 Å². The van der Waals surface area contributed by atoms with E-state index in [0.717, 1.165) is 22.0 Å². The molecule has 0 aliphatic carbocycles. The van der Waals surface area contributed by atoms with Gasteiger partial charge in [0.25, 0.3) is 0 Å². The van der Waals surface area contributed by atoms with Crippen LogP contribution in [0.2, 0.25) is 0 Å². The number of nitrogens with zero attached hydrogens (tertiary/aromatic N) is 2. The van der Waals surface area contributed by atoms with Crippen LogP contribution in [0, 0.1) is 6.85 Å². The second kappa shape index (κ2) is 5.02. The lowest BCUT2D eigenvalue weighted by atomic mass is 10.1. The third-order valence-electron chi connectivity index (χ3n) is 2.88. The molecule has 1 aromatic carbocycles. The number of aromatic nitrogens is 1. The van der Waals surface area contributed by atoms with Crippen molar-refractivity contribution >= 4 is 43.5 Å². The number of aliphatic imine (C=N–C) groups is 1. The second-order valence-corrected chi connectivity index (χ2v) is 5.09. The summed E-state index contributed by atoms with van der Waals surface area (Å²) in [6.07, 6.45) is -0.413. The maximum atomic E-state index is 7.75. The Bertz CT molecular complexity index is 1110. The Hall–Kier alpha value is -2.26. The number of hydrogen-bond donors (Lipinski definition) is 0. The minimum absolute atomic E-state index is 0.0188. The van der Waals surface area contributed by atoms with Crippen LogP contribution in [0.5, 0.6) is 0 Å². The number of hydrogen-bond acceptors (Lipinski definition) is 3. The van der Waals surface area contributed by atoms with Crippen LogP contribution < -0.4 is 0 Å². The fraction of sp³-hybridized carbons (Fsp3) is 0.0588. The molecule has 2 aromatic heterocycles. The zero-order valence-electron chi connectivity index (χ0n) is 17.3. The Morgan fingerprint density at radius 3 is 3.30 bits per heavy atom. The van der Waals surface area contributed by atoms with Crippen molar-refractivity contribution in [3.63, 3.8) is 0 Å². The van der Waals surface area contributed by atoms with Gasteiger partial charge in [-0.3, -0.25) is 4.99 Å². The molecular weight excluding hydrogens is 264 g/mol. The Morgan fingerprint density at radius 1 is 1.45 bits per heavy atom. The van der Waals surface area contributed by atoms with Crippen LogP contribution >= 0.6 is 11.3 Å². The molecule has 98 valence electrons. The molecule has 3 rings (SSSR count). The van der Waals surface area contributed by atoms with Crippen LogP contribution in [0.1, 0.15) is 20.9 Å². The molecule has 0 saturated carbocycles. The van der Waals surface area contributed by atoms with Gasteiger partial charge in [-0.2, -0.15) is 0 Å². The van der Waals surface area contributed by atoms with Crippen molar-refractivity contribution in [3.05, 3.63) is 60.8 Å². The quantitative estimate of drug-likeness (QED) is 0.623. The summed E-state index contributed by atoms with van der Waals surface area (Å²) >= 11 is 1.29. The van der Waals surface area contributed by atoms with Gasteiger partial charge in [0.1, 0.15) is 4.83 Å². The number of thiophene rings is 1. The molecule has 0 N–H and O–H groups in total. The number of benzene rings is 1. The summed E-state index contributed by atoms with van der Waals surface area (Å²) in [5, 5.41) is 1.65. The first-order valence-electron chi connectivity index (χ1n) is 9.44. The molecule has 20 heavy (non-hydrogen) atoms. The zero-order valence-corrected chi connectivity index (χ0v) is 11.2. The fourth-order valence-electron chi connectivity index (χ4n) is 2.03. The number of pyridine rings is 1. The van der Waals surface area contributed by atoms with Crippen LogP contribution in [0.25, 0.3) is 26.0 Å². The molecule has 0 saturated heterocycles. The van der Waals surface area contributed by atoms with Crippen molar-refractivity contribution in [2.24, 2.45) is 4.99 Å². The molecule has 2 heterocycles. The average Bonchev–Trinajstić information content (AvgIpc) is 3.02. The maximum Gasteiger partial charge on any atom is 0.124 e. The molecule has 0 spiro atoms. The first kappa shape index (κ1) is 6.95. The third kappa shape index (κ3) is 2.06. The lowest BCUT2D eigenvalue weighted by molar-refractivity contribution is 1.27. The van der Waals surface area contributed by atoms with Gasteiger partial charge in [-0.25, -0.2) is 4.98 Å². The summed E-state index contributed by atoms with van der Waals surface area (Å²) in [6.45, 7) is -0.586. The first-order valence-corrected chi connectivity index (χ1v) is 6.60. The Morgan fingerprint density at radius 2 is 2.45 bits per heavy atom. The summed E-state index contributed by atoms with van der Waals surface area (Å²) < 4.78 is 53.3. The minimum Gasteiger partial charge on any atom is -0.257 e. The van der Waals surface area contributed by atoms with Gasteiger partial charge in [-0.05, 0) is 19.0 Å². The highest BCUT2D eigenvalue weighted by Gasteiger charge is 2.11. The monoisotopic (exact) mass is 285 g/mol. The van der Waals surface area contributed by atoms with E-state index in [-0.39, 0.29) is 17.4 Å². The van der Waals surface area contributed by atoms with Crippen molar-refractivity contribution in [1.82, 2.24) is 4.98 Å². The van der Waals surface area contributed by atoms with Crippen molar-refractivity contribution in [3.8, 4) is 0 Å². The molecule has 0 fully saturated rings. The fourth-order valence-corrected chi connectivity index (χ4v) is 3.23. The highest BCUT2D eigenvalue weighted by atomic mass is 32.1. The van der Waals surface area contributed by atoms with E-state index >= 15 is 0 Å². The van der Waals surface area contributed by atoms with E-state index in [0.29, 0.717) is 16.9 Å². The lowest BCUT2D eigenvalue weighted by Crippen LogP contribution is -1.80. The molecule has 0 bridgehead atoms. The summed E-state index contributed by atoms with van der Waals surface area (Å²) in [5.74, 6) is 0. The van der Waals surface area contributed by atoms with Crippen LogP contribution in [0.15, 0.2) is 54.5 Å². The zero-order chi connectivity index (χ0) is 19.8. The molecule has 0 atom stereocenters. The highest BCUT2D eigenvalue weighted by Crippen LogP contribution is 2.37. The summed E-state index contributed by atoms with van der Waals surface area (Å²) in [6, 6.07) is 8.25. The summed E-state index contributed by atoms with van der Waals surface area (Å²) in [7, 11) is 0. The standard InChI is InChI=1S/C17H14N2S/c1-4-10-18-12(3)13-6-5-7-14-15-9-8-11(2)19-17(15)20-16(13)14/h4-10H,1,3H2,2H3/i1D,2D3,3D,4D,10D. The van der Waals surface area contributed by atoms with E-state index < -0.39 is 13.0 Å².